The number of piperidine rings is 1. The summed E-state index contributed by atoms with van der Waals surface area (Å²) in [5.41, 5.74) is 1.50. The van der Waals surface area contributed by atoms with Crippen LogP contribution in [0, 0.1) is 5.92 Å². The average Bonchev–Trinajstić information content (AvgIpc) is 2.22. The first-order valence-electron chi connectivity index (χ1n) is 6.57. The standard InChI is InChI=1S/C14H27N/c1-4-5-6-7-13(2)12-14-8-10-15(3)11-9-14/h14H,2,4-12H2,1,3H3. The van der Waals surface area contributed by atoms with Gasteiger partial charge in [0.25, 0.3) is 0 Å². The molecule has 1 heterocycles. The zero-order valence-electron chi connectivity index (χ0n) is 10.6. The maximum atomic E-state index is 4.23. The van der Waals surface area contributed by atoms with Crippen LogP contribution in [0.15, 0.2) is 12.2 Å². The number of hydrogen-bond acceptors (Lipinski definition) is 1. The molecular formula is C14H27N. The second kappa shape index (κ2) is 7.05. The van der Waals surface area contributed by atoms with Crippen LogP contribution in [0.3, 0.4) is 0 Å². The Balaban J connectivity index is 2.09. The minimum atomic E-state index is 0.926. The number of hydrogen-bond donors (Lipinski definition) is 0. The second-order valence-electron chi connectivity index (χ2n) is 5.16. The van der Waals surface area contributed by atoms with Crippen molar-refractivity contribution in [2.75, 3.05) is 20.1 Å². The van der Waals surface area contributed by atoms with Crippen molar-refractivity contribution in [3.05, 3.63) is 12.2 Å². The van der Waals surface area contributed by atoms with Gasteiger partial charge in [-0.05, 0) is 58.2 Å². The first-order valence-corrected chi connectivity index (χ1v) is 6.57. The Hall–Kier alpha value is -0.300. The Morgan fingerprint density at radius 1 is 1.27 bits per heavy atom. The van der Waals surface area contributed by atoms with Gasteiger partial charge in [0, 0.05) is 0 Å². The van der Waals surface area contributed by atoms with Gasteiger partial charge in [-0.3, -0.25) is 0 Å². The van der Waals surface area contributed by atoms with E-state index in [-0.39, 0.29) is 0 Å². The van der Waals surface area contributed by atoms with E-state index in [0.29, 0.717) is 0 Å². The summed E-state index contributed by atoms with van der Waals surface area (Å²) in [5, 5.41) is 0. The van der Waals surface area contributed by atoms with Crippen molar-refractivity contribution in [3.8, 4) is 0 Å². The van der Waals surface area contributed by atoms with E-state index in [1.807, 2.05) is 0 Å². The molecule has 0 aliphatic carbocycles. The minimum Gasteiger partial charge on any atom is -0.306 e. The van der Waals surface area contributed by atoms with E-state index in [4.69, 9.17) is 0 Å². The van der Waals surface area contributed by atoms with Crippen LogP contribution in [0.5, 0.6) is 0 Å². The van der Waals surface area contributed by atoms with E-state index >= 15 is 0 Å². The minimum absolute atomic E-state index is 0.926. The molecule has 0 radical (unpaired) electrons. The molecule has 0 N–H and O–H groups in total. The van der Waals surface area contributed by atoms with E-state index in [1.54, 1.807) is 0 Å². The monoisotopic (exact) mass is 209 g/mol. The number of rotatable bonds is 6. The zero-order valence-corrected chi connectivity index (χ0v) is 10.6. The van der Waals surface area contributed by atoms with Crippen LogP contribution in [-0.2, 0) is 0 Å². The molecule has 1 aliphatic rings. The van der Waals surface area contributed by atoms with E-state index < -0.39 is 0 Å². The molecule has 0 amide bonds. The van der Waals surface area contributed by atoms with E-state index in [9.17, 15) is 0 Å². The summed E-state index contributed by atoms with van der Waals surface area (Å²) in [5.74, 6) is 0.926. The highest BCUT2D eigenvalue weighted by molar-refractivity contribution is 4.96. The fraction of sp³-hybridized carbons (Fsp3) is 0.857. The molecule has 0 saturated carbocycles. The van der Waals surface area contributed by atoms with Crippen LogP contribution in [0.25, 0.3) is 0 Å². The van der Waals surface area contributed by atoms with Gasteiger partial charge in [-0.1, -0.05) is 31.9 Å². The molecule has 0 aromatic carbocycles. The van der Waals surface area contributed by atoms with Crippen LogP contribution >= 0.6 is 0 Å². The molecule has 1 heteroatoms. The number of nitrogens with zero attached hydrogens (tertiary/aromatic N) is 1. The summed E-state index contributed by atoms with van der Waals surface area (Å²) in [6.45, 7) is 9.06. The van der Waals surface area contributed by atoms with Gasteiger partial charge in [-0.2, -0.15) is 0 Å². The lowest BCUT2D eigenvalue weighted by Crippen LogP contribution is -2.30. The normalized spacial score (nSPS) is 19.3. The molecule has 0 atom stereocenters. The highest BCUT2D eigenvalue weighted by Crippen LogP contribution is 2.24. The van der Waals surface area contributed by atoms with Gasteiger partial charge in [0.1, 0.15) is 0 Å². The Labute approximate surface area is 95.5 Å². The summed E-state index contributed by atoms with van der Waals surface area (Å²) in [4.78, 5) is 2.44. The molecule has 0 aromatic heterocycles. The topological polar surface area (TPSA) is 3.24 Å². The lowest BCUT2D eigenvalue weighted by molar-refractivity contribution is 0.218. The fourth-order valence-corrected chi connectivity index (χ4v) is 2.40. The molecule has 15 heavy (non-hydrogen) atoms. The molecular weight excluding hydrogens is 182 g/mol. The summed E-state index contributed by atoms with van der Waals surface area (Å²) in [7, 11) is 2.23. The van der Waals surface area contributed by atoms with Gasteiger partial charge in [0.05, 0.1) is 0 Å². The van der Waals surface area contributed by atoms with Crippen molar-refractivity contribution in [2.45, 2.75) is 51.9 Å². The maximum absolute atomic E-state index is 4.23. The van der Waals surface area contributed by atoms with Crippen molar-refractivity contribution >= 4 is 0 Å². The summed E-state index contributed by atoms with van der Waals surface area (Å²) >= 11 is 0. The van der Waals surface area contributed by atoms with Crippen molar-refractivity contribution in [1.29, 1.82) is 0 Å². The molecule has 0 spiro atoms. The fourth-order valence-electron chi connectivity index (χ4n) is 2.40. The number of likely N-dealkylation sites (tertiary alicyclic amines) is 1. The molecule has 1 rings (SSSR count). The van der Waals surface area contributed by atoms with Crippen LogP contribution < -0.4 is 0 Å². The molecule has 1 nitrogen and oxygen atoms in total. The molecule has 1 fully saturated rings. The highest BCUT2D eigenvalue weighted by atomic mass is 15.1. The third kappa shape index (κ3) is 5.36. The number of allylic oxidation sites excluding steroid dienone is 1. The quantitative estimate of drug-likeness (QED) is 0.474. The Bertz CT molecular complexity index is 178. The molecule has 0 unspecified atom stereocenters. The Morgan fingerprint density at radius 3 is 2.53 bits per heavy atom. The molecule has 1 aliphatic heterocycles. The largest absolute Gasteiger partial charge is 0.306 e. The SMILES string of the molecule is C=C(CCCCC)CC1CCN(C)CC1. The third-order valence-electron chi connectivity index (χ3n) is 3.55. The smallest absolute Gasteiger partial charge is 0.00190 e. The zero-order chi connectivity index (χ0) is 11.1. The number of unbranched alkanes of at least 4 members (excludes halogenated alkanes) is 2. The van der Waals surface area contributed by atoms with Crippen LogP contribution in [0.2, 0.25) is 0 Å². The summed E-state index contributed by atoms with van der Waals surface area (Å²) in [6.07, 6.45) is 9.35. The van der Waals surface area contributed by atoms with Crippen molar-refractivity contribution in [3.63, 3.8) is 0 Å². The van der Waals surface area contributed by atoms with E-state index in [0.717, 1.165) is 5.92 Å². The van der Waals surface area contributed by atoms with Gasteiger partial charge in [-0.25, -0.2) is 0 Å². The Kier molecular flexibility index (Phi) is 6.00. The Morgan fingerprint density at radius 2 is 1.93 bits per heavy atom. The molecule has 1 saturated heterocycles. The molecule has 0 bridgehead atoms. The van der Waals surface area contributed by atoms with E-state index in [2.05, 4.69) is 25.5 Å². The second-order valence-corrected chi connectivity index (χ2v) is 5.16. The first kappa shape index (κ1) is 12.8. The lowest BCUT2D eigenvalue weighted by atomic mass is 9.89. The van der Waals surface area contributed by atoms with E-state index in [1.165, 1.54) is 63.6 Å². The van der Waals surface area contributed by atoms with Crippen LogP contribution in [0.1, 0.15) is 51.9 Å². The van der Waals surface area contributed by atoms with Gasteiger partial charge >= 0.3 is 0 Å². The highest BCUT2D eigenvalue weighted by Gasteiger charge is 2.16. The van der Waals surface area contributed by atoms with Crippen molar-refractivity contribution < 1.29 is 0 Å². The van der Waals surface area contributed by atoms with Gasteiger partial charge in [-0.15, -0.1) is 0 Å². The third-order valence-corrected chi connectivity index (χ3v) is 3.55. The lowest BCUT2D eigenvalue weighted by Gasteiger charge is -2.29. The van der Waals surface area contributed by atoms with Crippen LogP contribution in [0.4, 0.5) is 0 Å². The van der Waals surface area contributed by atoms with Gasteiger partial charge < -0.3 is 4.90 Å². The predicted octanol–water partition coefficient (Wildman–Crippen LogP) is 3.85. The van der Waals surface area contributed by atoms with Crippen molar-refractivity contribution in [2.24, 2.45) is 5.92 Å². The molecule has 0 aromatic rings. The van der Waals surface area contributed by atoms with Gasteiger partial charge in [0.15, 0.2) is 0 Å². The maximum Gasteiger partial charge on any atom is -0.00190 e. The summed E-state index contributed by atoms with van der Waals surface area (Å²) in [6, 6.07) is 0. The summed E-state index contributed by atoms with van der Waals surface area (Å²) < 4.78 is 0. The first-order chi connectivity index (χ1) is 7.22. The van der Waals surface area contributed by atoms with Gasteiger partial charge in [0.2, 0.25) is 0 Å². The van der Waals surface area contributed by atoms with Crippen LogP contribution in [-0.4, -0.2) is 25.0 Å². The average molecular weight is 209 g/mol. The molecule has 88 valence electrons. The predicted molar refractivity (Wildman–Crippen MR) is 68.1 cm³/mol. The van der Waals surface area contributed by atoms with Crippen molar-refractivity contribution in [1.82, 2.24) is 4.90 Å².